The van der Waals surface area contributed by atoms with Crippen LogP contribution in [0, 0.1) is 5.92 Å². The van der Waals surface area contributed by atoms with E-state index in [4.69, 9.17) is 10.8 Å². The van der Waals surface area contributed by atoms with E-state index in [-0.39, 0.29) is 11.6 Å². The maximum absolute atomic E-state index is 10.8. The van der Waals surface area contributed by atoms with Gasteiger partial charge in [0.2, 0.25) is 5.95 Å². The van der Waals surface area contributed by atoms with Gasteiger partial charge in [0.1, 0.15) is 0 Å². The van der Waals surface area contributed by atoms with Crippen molar-refractivity contribution < 1.29 is 9.90 Å². The Hall–Kier alpha value is -1.65. The van der Waals surface area contributed by atoms with Crippen LogP contribution >= 0.6 is 0 Å². The minimum atomic E-state index is -1.06. The molecule has 0 aliphatic heterocycles. The van der Waals surface area contributed by atoms with Crippen molar-refractivity contribution in [1.29, 1.82) is 0 Å². The van der Waals surface area contributed by atoms with Gasteiger partial charge in [0, 0.05) is 11.8 Å². The van der Waals surface area contributed by atoms with Gasteiger partial charge in [-0.2, -0.15) is 0 Å². The zero-order valence-corrected chi connectivity index (χ0v) is 8.19. The highest BCUT2D eigenvalue weighted by atomic mass is 16.4. The van der Waals surface area contributed by atoms with E-state index >= 15 is 0 Å². The molecule has 0 atom stereocenters. The maximum atomic E-state index is 10.8. The van der Waals surface area contributed by atoms with Gasteiger partial charge in [0.25, 0.3) is 0 Å². The highest BCUT2D eigenvalue weighted by Gasteiger charge is 2.13. The number of hydrogen-bond acceptors (Lipinski definition) is 4. The third kappa shape index (κ3) is 2.42. The Kier molecular flexibility index (Phi) is 3.01. The second-order valence-corrected chi connectivity index (χ2v) is 3.51. The fraction of sp³-hybridized carbons (Fsp3) is 0.444. The van der Waals surface area contributed by atoms with Crippen LogP contribution in [0.15, 0.2) is 6.20 Å². The molecule has 0 spiro atoms. The van der Waals surface area contributed by atoms with Crippen molar-refractivity contribution in [1.82, 2.24) is 9.97 Å². The molecule has 0 unspecified atom stereocenters. The van der Waals surface area contributed by atoms with Crippen molar-refractivity contribution in [3.8, 4) is 0 Å². The van der Waals surface area contributed by atoms with Gasteiger partial charge in [-0.1, -0.05) is 13.8 Å². The minimum Gasteiger partial charge on any atom is -0.476 e. The minimum absolute atomic E-state index is 0.00472. The number of aromatic carboxylic acids is 1. The monoisotopic (exact) mass is 195 g/mol. The largest absolute Gasteiger partial charge is 0.476 e. The highest BCUT2D eigenvalue weighted by Crippen LogP contribution is 2.12. The molecule has 5 heteroatoms. The van der Waals surface area contributed by atoms with E-state index in [1.807, 2.05) is 13.8 Å². The molecule has 0 amide bonds. The lowest BCUT2D eigenvalue weighted by molar-refractivity contribution is 0.0689. The fourth-order valence-electron chi connectivity index (χ4n) is 1.19. The van der Waals surface area contributed by atoms with E-state index in [1.165, 1.54) is 6.20 Å². The molecule has 3 N–H and O–H groups in total. The van der Waals surface area contributed by atoms with E-state index in [1.54, 1.807) is 0 Å². The number of nitrogen functional groups attached to an aromatic ring is 1. The molecule has 1 aromatic rings. The fourth-order valence-corrected chi connectivity index (χ4v) is 1.19. The number of anilines is 1. The van der Waals surface area contributed by atoms with Crippen molar-refractivity contribution in [3.05, 3.63) is 17.5 Å². The first-order chi connectivity index (χ1) is 6.50. The molecule has 1 rings (SSSR count). The molecule has 5 nitrogen and oxygen atoms in total. The third-order valence-electron chi connectivity index (χ3n) is 1.71. The Morgan fingerprint density at radius 3 is 2.79 bits per heavy atom. The molecule has 0 saturated heterocycles. The number of carbonyl (C=O) groups is 1. The van der Waals surface area contributed by atoms with Crippen LogP contribution in [0.2, 0.25) is 0 Å². The Morgan fingerprint density at radius 1 is 1.64 bits per heavy atom. The number of carboxylic acid groups (broad SMARTS) is 1. The lowest BCUT2D eigenvalue weighted by Crippen LogP contribution is -2.11. The van der Waals surface area contributed by atoms with E-state index in [0.717, 1.165) is 0 Å². The van der Waals surface area contributed by atoms with Crippen LogP contribution < -0.4 is 5.73 Å². The number of rotatable bonds is 3. The molecular formula is C9H13N3O2. The molecule has 0 aliphatic carbocycles. The van der Waals surface area contributed by atoms with E-state index in [9.17, 15) is 4.79 Å². The van der Waals surface area contributed by atoms with Crippen molar-refractivity contribution in [2.45, 2.75) is 20.3 Å². The lowest BCUT2D eigenvalue weighted by Gasteiger charge is -2.07. The summed E-state index contributed by atoms with van der Waals surface area (Å²) in [6.07, 6.45) is 2.12. The Bertz CT molecular complexity index is 350. The second-order valence-electron chi connectivity index (χ2n) is 3.51. The SMILES string of the molecule is CC(C)Cc1cnc(N)nc1C(=O)O. The van der Waals surface area contributed by atoms with Gasteiger partial charge in [0.05, 0.1) is 0 Å². The lowest BCUT2D eigenvalue weighted by atomic mass is 10.0. The summed E-state index contributed by atoms with van der Waals surface area (Å²) in [5, 5.41) is 8.86. The van der Waals surface area contributed by atoms with Crippen LogP contribution in [0.1, 0.15) is 29.9 Å². The highest BCUT2D eigenvalue weighted by molar-refractivity contribution is 5.87. The van der Waals surface area contributed by atoms with Crippen LogP contribution in [0.4, 0.5) is 5.95 Å². The predicted molar refractivity (Wildman–Crippen MR) is 51.9 cm³/mol. The third-order valence-corrected chi connectivity index (χ3v) is 1.71. The van der Waals surface area contributed by atoms with Crippen molar-refractivity contribution in [2.75, 3.05) is 5.73 Å². The molecule has 0 aromatic carbocycles. The summed E-state index contributed by atoms with van der Waals surface area (Å²) >= 11 is 0. The summed E-state index contributed by atoms with van der Waals surface area (Å²) < 4.78 is 0. The normalized spacial score (nSPS) is 10.5. The summed E-state index contributed by atoms with van der Waals surface area (Å²) in [7, 11) is 0. The van der Waals surface area contributed by atoms with E-state index in [0.29, 0.717) is 17.9 Å². The Balaban J connectivity index is 3.08. The van der Waals surface area contributed by atoms with Gasteiger partial charge < -0.3 is 10.8 Å². The summed E-state index contributed by atoms with van der Waals surface area (Å²) in [5.74, 6) is -0.704. The standard InChI is InChI=1S/C9H13N3O2/c1-5(2)3-6-4-11-9(10)12-7(6)8(13)14/h4-5H,3H2,1-2H3,(H,13,14)(H2,10,11,12). The molecule has 0 bridgehead atoms. The number of hydrogen-bond donors (Lipinski definition) is 2. The van der Waals surface area contributed by atoms with Gasteiger partial charge in [-0.05, 0) is 12.3 Å². The topological polar surface area (TPSA) is 89.1 Å². The average Bonchev–Trinajstić information content (AvgIpc) is 2.07. The summed E-state index contributed by atoms with van der Waals surface area (Å²) in [6.45, 7) is 4.00. The van der Waals surface area contributed by atoms with Crippen molar-refractivity contribution in [3.63, 3.8) is 0 Å². The van der Waals surface area contributed by atoms with E-state index in [2.05, 4.69) is 9.97 Å². The number of nitrogens with zero attached hydrogens (tertiary/aromatic N) is 2. The summed E-state index contributed by atoms with van der Waals surface area (Å²) in [6, 6.07) is 0. The summed E-state index contributed by atoms with van der Waals surface area (Å²) in [5.41, 5.74) is 5.94. The molecular weight excluding hydrogens is 182 g/mol. The Morgan fingerprint density at radius 2 is 2.29 bits per heavy atom. The molecule has 0 aliphatic rings. The maximum Gasteiger partial charge on any atom is 0.354 e. The second kappa shape index (κ2) is 4.04. The Labute approximate surface area is 82.0 Å². The quantitative estimate of drug-likeness (QED) is 0.749. The zero-order valence-electron chi connectivity index (χ0n) is 8.19. The van der Waals surface area contributed by atoms with Crippen molar-refractivity contribution in [2.24, 2.45) is 5.92 Å². The van der Waals surface area contributed by atoms with Gasteiger partial charge in [-0.3, -0.25) is 0 Å². The van der Waals surface area contributed by atoms with Gasteiger partial charge >= 0.3 is 5.97 Å². The molecule has 0 radical (unpaired) electrons. The predicted octanol–water partition coefficient (Wildman–Crippen LogP) is 0.956. The molecule has 0 fully saturated rings. The zero-order chi connectivity index (χ0) is 10.7. The summed E-state index contributed by atoms with van der Waals surface area (Å²) in [4.78, 5) is 18.3. The average molecular weight is 195 g/mol. The number of nitrogens with two attached hydrogens (primary N) is 1. The van der Waals surface area contributed by atoms with Crippen LogP contribution in [-0.4, -0.2) is 21.0 Å². The number of carboxylic acids is 1. The van der Waals surface area contributed by atoms with E-state index < -0.39 is 5.97 Å². The van der Waals surface area contributed by atoms with Gasteiger partial charge in [-0.15, -0.1) is 0 Å². The van der Waals surface area contributed by atoms with Crippen LogP contribution in [0.5, 0.6) is 0 Å². The molecule has 14 heavy (non-hydrogen) atoms. The van der Waals surface area contributed by atoms with Crippen molar-refractivity contribution >= 4 is 11.9 Å². The van der Waals surface area contributed by atoms with Crippen LogP contribution in [-0.2, 0) is 6.42 Å². The van der Waals surface area contributed by atoms with Gasteiger partial charge in [-0.25, -0.2) is 14.8 Å². The first-order valence-corrected chi connectivity index (χ1v) is 4.35. The first-order valence-electron chi connectivity index (χ1n) is 4.35. The smallest absolute Gasteiger partial charge is 0.354 e. The number of aromatic nitrogens is 2. The molecule has 1 aromatic heterocycles. The van der Waals surface area contributed by atoms with Gasteiger partial charge in [0.15, 0.2) is 5.69 Å². The molecule has 1 heterocycles. The first kappa shape index (κ1) is 10.4. The van der Waals surface area contributed by atoms with Crippen LogP contribution in [0.3, 0.4) is 0 Å². The molecule has 76 valence electrons. The molecule has 0 saturated carbocycles. The van der Waals surface area contributed by atoms with Crippen LogP contribution in [0.25, 0.3) is 0 Å².